The maximum absolute atomic E-state index is 4.46. The molecule has 1 heterocycles. The predicted octanol–water partition coefficient (Wildman–Crippen LogP) is 2.97. The number of thiazole rings is 1. The summed E-state index contributed by atoms with van der Waals surface area (Å²) < 4.78 is 0. The van der Waals surface area contributed by atoms with Gasteiger partial charge < -0.3 is 10.6 Å². The maximum atomic E-state index is 4.46. The molecule has 0 radical (unpaired) electrons. The first-order valence-corrected chi connectivity index (χ1v) is 7.57. The number of hydrogen-bond donors (Lipinski definition) is 2. The highest BCUT2D eigenvalue weighted by atomic mass is 127. The number of nitrogens with one attached hydrogen (secondary N) is 2. The molecule has 1 rings (SSSR count). The molecule has 0 fully saturated rings. The molecule has 110 valence electrons. The average molecular weight is 396 g/mol. The van der Waals surface area contributed by atoms with Gasteiger partial charge in [0.25, 0.3) is 0 Å². The molecule has 0 aliphatic rings. The Labute approximate surface area is 137 Å². The summed E-state index contributed by atoms with van der Waals surface area (Å²) in [7, 11) is 0. The summed E-state index contributed by atoms with van der Waals surface area (Å²) >= 11 is 1.75. The minimum atomic E-state index is 0. The van der Waals surface area contributed by atoms with Crippen LogP contribution in [0.5, 0.6) is 0 Å². The standard InChI is InChI=1S/C13H24N4S.HI/c1-4-8-15-13(14-5-2)16-9-6-7-12-17-11(3)10-18-12;/h10H,4-9H2,1-3H3,(H2,14,15,16);1H. The Kier molecular flexibility index (Phi) is 11.2. The summed E-state index contributed by atoms with van der Waals surface area (Å²) in [6.07, 6.45) is 3.21. The fraction of sp³-hybridized carbons (Fsp3) is 0.692. The second-order valence-electron chi connectivity index (χ2n) is 4.17. The third kappa shape index (κ3) is 8.41. The number of hydrogen-bond acceptors (Lipinski definition) is 3. The van der Waals surface area contributed by atoms with Crippen molar-refractivity contribution in [3.05, 3.63) is 16.1 Å². The highest BCUT2D eigenvalue weighted by Gasteiger charge is 1.99. The number of guanidine groups is 1. The molecular formula is C13H25IN4S. The van der Waals surface area contributed by atoms with E-state index in [0.717, 1.165) is 50.6 Å². The molecular weight excluding hydrogens is 371 g/mol. The first kappa shape index (κ1) is 18.6. The van der Waals surface area contributed by atoms with Crippen molar-refractivity contribution in [3.63, 3.8) is 0 Å². The average Bonchev–Trinajstić information content (AvgIpc) is 2.77. The zero-order chi connectivity index (χ0) is 13.2. The van der Waals surface area contributed by atoms with Gasteiger partial charge in [0.1, 0.15) is 0 Å². The number of aromatic nitrogens is 1. The van der Waals surface area contributed by atoms with Gasteiger partial charge in [0.2, 0.25) is 0 Å². The first-order valence-electron chi connectivity index (χ1n) is 6.69. The van der Waals surface area contributed by atoms with E-state index in [1.165, 1.54) is 5.01 Å². The van der Waals surface area contributed by atoms with Gasteiger partial charge in [-0.25, -0.2) is 4.98 Å². The number of halogens is 1. The van der Waals surface area contributed by atoms with Crippen LogP contribution in [0.3, 0.4) is 0 Å². The van der Waals surface area contributed by atoms with Gasteiger partial charge in [-0.2, -0.15) is 0 Å². The Morgan fingerprint density at radius 1 is 1.37 bits per heavy atom. The summed E-state index contributed by atoms with van der Waals surface area (Å²) in [6, 6.07) is 0. The van der Waals surface area contributed by atoms with Crippen molar-refractivity contribution in [2.75, 3.05) is 19.6 Å². The van der Waals surface area contributed by atoms with Gasteiger partial charge in [0.15, 0.2) is 5.96 Å². The molecule has 6 heteroatoms. The van der Waals surface area contributed by atoms with E-state index in [9.17, 15) is 0 Å². The van der Waals surface area contributed by atoms with Crippen LogP contribution < -0.4 is 10.6 Å². The predicted molar refractivity (Wildman–Crippen MR) is 94.9 cm³/mol. The van der Waals surface area contributed by atoms with Gasteiger partial charge in [-0.3, -0.25) is 4.99 Å². The second kappa shape index (κ2) is 11.5. The lowest BCUT2D eigenvalue weighted by Gasteiger charge is -2.10. The first-order chi connectivity index (χ1) is 8.76. The quantitative estimate of drug-likeness (QED) is 0.323. The van der Waals surface area contributed by atoms with Crippen LogP contribution in [0.15, 0.2) is 10.4 Å². The van der Waals surface area contributed by atoms with Gasteiger partial charge in [-0.05, 0) is 26.7 Å². The van der Waals surface area contributed by atoms with Crippen molar-refractivity contribution >= 4 is 41.3 Å². The Hall–Kier alpha value is -0.370. The minimum absolute atomic E-state index is 0. The van der Waals surface area contributed by atoms with Crippen LogP contribution in [0.25, 0.3) is 0 Å². The number of aryl methyl sites for hydroxylation is 2. The third-order valence-corrected chi connectivity index (χ3v) is 3.39. The van der Waals surface area contributed by atoms with Crippen LogP contribution in [0.2, 0.25) is 0 Å². The van der Waals surface area contributed by atoms with Gasteiger partial charge >= 0.3 is 0 Å². The summed E-state index contributed by atoms with van der Waals surface area (Å²) in [4.78, 5) is 8.92. The van der Waals surface area contributed by atoms with Gasteiger partial charge in [-0.15, -0.1) is 35.3 Å². The van der Waals surface area contributed by atoms with E-state index < -0.39 is 0 Å². The van der Waals surface area contributed by atoms with E-state index in [1.54, 1.807) is 11.3 Å². The third-order valence-electron chi connectivity index (χ3n) is 2.36. The second-order valence-corrected chi connectivity index (χ2v) is 5.12. The lowest BCUT2D eigenvalue weighted by molar-refractivity contribution is 0.738. The summed E-state index contributed by atoms with van der Waals surface area (Å²) in [6.45, 7) is 8.98. The van der Waals surface area contributed by atoms with E-state index in [-0.39, 0.29) is 24.0 Å². The molecule has 1 aromatic rings. The Balaban J connectivity index is 0.00000324. The molecule has 0 amide bonds. The minimum Gasteiger partial charge on any atom is -0.357 e. The molecule has 0 spiro atoms. The van der Waals surface area contributed by atoms with Crippen molar-refractivity contribution < 1.29 is 0 Å². The molecule has 4 nitrogen and oxygen atoms in total. The van der Waals surface area contributed by atoms with E-state index in [1.807, 2.05) is 6.92 Å². The molecule has 0 aliphatic carbocycles. The number of aliphatic imine (C=N–C) groups is 1. The Morgan fingerprint density at radius 2 is 2.16 bits per heavy atom. The lowest BCUT2D eigenvalue weighted by Crippen LogP contribution is -2.38. The molecule has 0 bridgehead atoms. The van der Waals surface area contributed by atoms with Gasteiger partial charge in [0.05, 0.1) is 5.01 Å². The van der Waals surface area contributed by atoms with Crippen molar-refractivity contribution in [1.29, 1.82) is 0 Å². The molecule has 0 saturated carbocycles. The summed E-state index contributed by atoms with van der Waals surface area (Å²) in [5.41, 5.74) is 1.13. The molecule has 0 aliphatic heterocycles. The smallest absolute Gasteiger partial charge is 0.191 e. The number of nitrogens with zero attached hydrogens (tertiary/aromatic N) is 2. The largest absolute Gasteiger partial charge is 0.357 e. The molecule has 1 aromatic heterocycles. The molecule has 0 saturated heterocycles. The summed E-state index contributed by atoms with van der Waals surface area (Å²) in [5.74, 6) is 0.926. The van der Waals surface area contributed by atoms with Crippen molar-refractivity contribution in [1.82, 2.24) is 15.6 Å². The normalized spacial score (nSPS) is 11.0. The lowest BCUT2D eigenvalue weighted by atomic mass is 10.3. The van der Waals surface area contributed by atoms with E-state index >= 15 is 0 Å². The number of rotatable bonds is 7. The Bertz CT molecular complexity index is 365. The highest BCUT2D eigenvalue weighted by Crippen LogP contribution is 2.10. The molecule has 0 aromatic carbocycles. The monoisotopic (exact) mass is 396 g/mol. The molecule has 19 heavy (non-hydrogen) atoms. The van der Waals surface area contributed by atoms with Gasteiger partial charge in [0, 0.05) is 37.1 Å². The van der Waals surface area contributed by atoms with E-state index in [0.29, 0.717) is 0 Å². The SMILES string of the molecule is CCCN=C(NCC)NCCCc1nc(C)cs1.I. The van der Waals surface area contributed by atoms with Crippen molar-refractivity contribution in [2.45, 2.75) is 40.0 Å². The fourth-order valence-corrected chi connectivity index (χ4v) is 2.35. The fourth-order valence-electron chi connectivity index (χ4n) is 1.53. The van der Waals surface area contributed by atoms with E-state index in [4.69, 9.17) is 0 Å². The Morgan fingerprint density at radius 3 is 2.74 bits per heavy atom. The van der Waals surface area contributed by atoms with Crippen LogP contribution in [-0.4, -0.2) is 30.6 Å². The maximum Gasteiger partial charge on any atom is 0.191 e. The zero-order valence-corrected chi connectivity index (χ0v) is 15.2. The van der Waals surface area contributed by atoms with E-state index in [2.05, 4.69) is 39.8 Å². The highest BCUT2D eigenvalue weighted by molar-refractivity contribution is 14.0. The van der Waals surface area contributed by atoms with Gasteiger partial charge in [-0.1, -0.05) is 6.92 Å². The van der Waals surface area contributed by atoms with Crippen molar-refractivity contribution in [2.24, 2.45) is 4.99 Å². The van der Waals surface area contributed by atoms with Crippen molar-refractivity contribution in [3.8, 4) is 0 Å². The summed E-state index contributed by atoms with van der Waals surface area (Å²) in [5, 5.41) is 9.93. The van der Waals surface area contributed by atoms with Crippen LogP contribution in [0.4, 0.5) is 0 Å². The van der Waals surface area contributed by atoms with Crippen LogP contribution in [0, 0.1) is 6.92 Å². The van der Waals surface area contributed by atoms with Crippen LogP contribution in [-0.2, 0) is 6.42 Å². The molecule has 0 atom stereocenters. The molecule has 0 unspecified atom stereocenters. The zero-order valence-electron chi connectivity index (χ0n) is 12.0. The van der Waals surface area contributed by atoms with Crippen LogP contribution in [0.1, 0.15) is 37.4 Å². The molecule has 2 N–H and O–H groups in total. The topological polar surface area (TPSA) is 49.3 Å². The van der Waals surface area contributed by atoms with Crippen LogP contribution >= 0.6 is 35.3 Å².